The van der Waals surface area contributed by atoms with Gasteiger partial charge in [-0.1, -0.05) is 36.9 Å². The van der Waals surface area contributed by atoms with Gasteiger partial charge in [-0.3, -0.25) is 0 Å². The maximum absolute atomic E-state index is 10.9. The molecule has 4 heteroatoms. The molecule has 0 aliphatic heterocycles. The maximum atomic E-state index is 10.9. The predicted molar refractivity (Wildman–Crippen MR) is 61.0 cm³/mol. The Bertz CT molecular complexity index is 311. The first-order chi connectivity index (χ1) is 7.33. The maximum Gasteiger partial charge on any atom is 0.367 e. The van der Waals surface area contributed by atoms with Gasteiger partial charge in [0.25, 0.3) is 0 Å². The Labute approximate surface area is 90.7 Å². The first kappa shape index (κ1) is 12.0. The highest BCUT2D eigenvalue weighted by molar-refractivity contribution is 7.33. The van der Waals surface area contributed by atoms with Crippen molar-refractivity contribution in [2.24, 2.45) is 0 Å². The van der Waals surface area contributed by atoms with Crippen molar-refractivity contribution in [1.82, 2.24) is 0 Å². The molecule has 0 aromatic heterocycles. The van der Waals surface area contributed by atoms with E-state index in [9.17, 15) is 4.57 Å². The second-order valence-corrected chi connectivity index (χ2v) is 4.00. The SMILES string of the molecule is C=CO[PH](=O)OCCCc1ccccc1. The van der Waals surface area contributed by atoms with E-state index < -0.39 is 8.25 Å². The van der Waals surface area contributed by atoms with E-state index >= 15 is 0 Å². The largest absolute Gasteiger partial charge is 0.435 e. The van der Waals surface area contributed by atoms with E-state index in [-0.39, 0.29) is 0 Å². The summed E-state index contributed by atoms with van der Waals surface area (Å²) in [6, 6.07) is 10.1. The molecular formula is C11H15O3P. The number of aryl methyl sites for hydroxylation is 1. The summed E-state index contributed by atoms with van der Waals surface area (Å²) >= 11 is 0. The van der Waals surface area contributed by atoms with Crippen LogP contribution in [-0.2, 0) is 20.0 Å². The van der Waals surface area contributed by atoms with Crippen LogP contribution < -0.4 is 0 Å². The molecule has 1 atom stereocenters. The van der Waals surface area contributed by atoms with Crippen LogP contribution in [0.15, 0.2) is 43.2 Å². The minimum atomic E-state index is -2.36. The standard InChI is InChI=1S/C11H15O3P/c1-2-13-15(12)14-10-6-9-11-7-4-3-5-8-11/h2-5,7-8,15H,1,6,9-10H2. The molecule has 0 radical (unpaired) electrons. The van der Waals surface area contributed by atoms with Gasteiger partial charge >= 0.3 is 8.25 Å². The van der Waals surface area contributed by atoms with E-state index in [0.29, 0.717) is 6.61 Å². The van der Waals surface area contributed by atoms with Crippen LogP contribution >= 0.6 is 8.25 Å². The van der Waals surface area contributed by atoms with E-state index in [0.717, 1.165) is 19.1 Å². The Morgan fingerprint density at radius 2 is 2.07 bits per heavy atom. The third-order valence-electron chi connectivity index (χ3n) is 1.85. The van der Waals surface area contributed by atoms with E-state index in [4.69, 9.17) is 4.52 Å². The van der Waals surface area contributed by atoms with Crippen molar-refractivity contribution in [2.75, 3.05) is 6.61 Å². The second-order valence-electron chi connectivity index (χ2n) is 2.97. The lowest BCUT2D eigenvalue weighted by Gasteiger charge is -2.03. The monoisotopic (exact) mass is 226 g/mol. The number of hydrogen-bond acceptors (Lipinski definition) is 3. The molecule has 0 heterocycles. The van der Waals surface area contributed by atoms with Crippen molar-refractivity contribution in [3.8, 4) is 0 Å². The van der Waals surface area contributed by atoms with Crippen LogP contribution in [0.1, 0.15) is 12.0 Å². The van der Waals surface area contributed by atoms with Crippen LogP contribution in [0, 0.1) is 0 Å². The molecule has 0 N–H and O–H groups in total. The van der Waals surface area contributed by atoms with E-state index in [1.807, 2.05) is 18.2 Å². The van der Waals surface area contributed by atoms with Gasteiger partial charge in [0.1, 0.15) is 0 Å². The average molecular weight is 226 g/mol. The first-order valence-corrected chi connectivity index (χ1v) is 6.03. The molecule has 1 aromatic carbocycles. The highest BCUT2D eigenvalue weighted by Gasteiger charge is 1.97. The van der Waals surface area contributed by atoms with E-state index in [1.165, 1.54) is 5.56 Å². The summed E-state index contributed by atoms with van der Waals surface area (Å²) in [5, 5.41) is 0. The fraction of sp³-hybridized carbons (Fsp3) is 0.273. The summed E-state index contributed by atoms with van der Waals surface area (Å²) in [6.07, 6.45) is 2.89. The Morgan fingerprint density at radius 1 is 1.33 bits per heavy atom. The zero-order valence-electron chi connectivity index (χ0n) is 8.52. The summed E-state index contributed by atoms with van der Waals surface area (Å²) in [7, 11) is -2.36. The molecule has 0 aliphatic rings. The molecular weight excluding hydrogens is 211 g/mol. The van der Waals surface area contributed by atoms with Crippen LogP contribution in [-0.4, -0.2) is 6.61 Å². The van der Waals surface area contributed by atoms with Crippen LogP contribution in [0.2, 0.25) is 0 Å². The second kappa shape index (κ2) is 7.27. The molecule has 15 heavy (non-hydrogen) atoms. The van der Waals surface area contributed by atoms with Gasteiger partial charge in [0, 0.05) is 0 Å². The summed E-state index contributed by atoms with van der Waals surface area (Å²) in [5.74, 6) is 0. The van der Waals surface area contributed by atoms with Gasteiger partial charge in [0.15, 0.2) is 0 Å². The molecule has 1 unspecified atom stereocenters. The Hall–Kier alpha value is -1.05. The zero-order chi connectivity index (χ0) is 10.9. The third-order valence-corrected chi connectivity index (χ3v) is 2.65. The predicted octanol–water partition coefficient (Wildman–Crippen LogP) is 3.19. The van der Waals surface area contributed by atoms with Crippen molar-refractivity contribution >= 4 is 8.25 Å². The first-order valence-electron chi connectivity index (χ1n) is 4.81. The quantitative estimate of drug-likeness (QED) is 0.407. The Kier molecular flexibility index (Phi) is 5.83. The molecule has 1 rings (SSSR count). The van der Waals surface area contributed by atoms with Gasteiger partial charge in [-0.15, -0.1) is 0 Å². The molecule has 1 aromatic rings. The molecule has 82 valence electrons. The van der Waals surface area contributed by atoms with Gasteiger partial charge < -0.3 is 9.05 Å². The average Bonchev–Trinajstić information content (AvgIpc) is 2.26. The fourth-order valence-corrected chi connectivity index (χ4v) is 1.69. The summed E-state index contributed by atoms with van der Waals surface area (Å²) in [6.45, 7) is 3.74. The van der Waals surface area contributed by atoms with Crippen LogP contribution in [0.3, 0.4) is 0 Å². The summed E-state index contributed by atoms with van der Waals surface area (Å²) in [4.78, 5) is 0. The van der Waals surface area contributed by atoms with Gasteiger partial charge in [-0.25, -0.2) is 4.57 Å². The van der Waals surface area contributed by atoms with Crippen molar-refractivity contribution in [2.45, 2.75) is 12.8 Å². The lowest BCUT2D eigenvalue weighted by atomic mass is 10.1. The van der Waals surface area contributed by atoms with Crippen molar-refractivity contribution in [1.29, 1.82) is 0 Å². The molecule has 0 amide bonds. The lowest BCUT2D eigenvalue weighted by Crippen LogP contribution is -1.91. The molecule has 0 bridgehead atoms. The number of hydrogen-bond donors (Lipinski definition) is 0. The topological polar surface area (TPSA) is 35.5 Å². The number of rotatable bonds is 7. The van der Waals surface area contributed by atoms with Gasteiger partial charge in [0.2, 0.25) is 0 Å². The van der Waals surface area contributed by atoms with Crippen LogP contribution in [0.4, 0.5) is 0 Å². The lowest BCUT2D eigenvalue weighted by molar-refractivity contribution is 0.268. The van der Waals surface area contributed by atoms with Gasteiger partial charge in [0.05, 0.1) is 12.9 Å². The molecule has 3 nitrogen and oxygen atoms in total. The highest BCUT2D eigenvalue weighted by Crippen LogP contribution is 2.23. The zero-order valence-corrected chi connectivity index (χ0v) is 9.52. The highest BCUT2D eigenvalue weighted by atomic mass is 31.1. The van der Waals surface area contributed by atoms with Crippen molar-refractivity contribution in [3.05, 3.63) is 48.7 Å². The van der Waals surface area contributed by atoms with E-state index in [2.05, 4.69) is 23.2 Å². The molecule has 0 saturated carbocycles. The van der Waals surface area contributed by atoms with Crippen molar-refractivity contribution < 1.29 is 13.6 Å². The Balaban J connectivity index is 2.12. The smallest absolute Gasteiger partial charge is 0.367 e. The fourth-order valence-electron chi connectivity index (χ4n) is 1.18. The Morgan fingerprint density at radius 3 is 2.73 bits per heavy atom. The molecule has 0 aliphatic carbocycles. The molecule has 0 fully saturated rings. The minimum absolute atomic E-state index is 0.445. The summed E-state index contributed by atoms with van der Waals surface area (Å²) < 4.78 is 20.5. The van der Waals surface area contributed by atoms with Crippen LogP contribution in [0.25, 0.3) is 0 Å². The van der Waals surface area contributed by atoms with Crippen LogP contribution in [0.5, 0.6) is 0 Å². The van der Waals surface area contributed by atoms with Gasteiger partial charge in [-0.2, -0.15) is 0 Å². The summed E-state index contributed by atoms with van der Waals surface area (Å²) in [5.41, 5.74) is 1.26. The third kappa shape index (κ3) is 5.40. The molecule has 0 saturated heterocycles. The van der Waals surface area contributed by atoms with E-state index in [1.54, 1.807) is 0 Å². The number of benzene rings is 1. The minimum Gasteiger partial charge on any atom is -0.435 e. The molecule has 0 spiro atoms. The normalized spacial score (nSPS) is 12.0. The van der Waals surface area contributed by atoms with Gasteiger partial charge in [-0.05, 0) is 18.4 Å². The van der Waals surface area contributed by atoms with Crippen molar-refractivity contribution in [3.63, 3.8) is 0 Å².